The van der Waals surface area contributed by atoms with Gasteiger partial charge in [-0.3, -0.25) is 9.59 Å². The number of ether oxygens (including phenoxy) is 2. The van der Waals surface area contributed by atoms with Gasteiger partial charge in [-0.15, -0.1) is 0 Å². The van der Waals surface area contributed by atoms with Crippen LogP contribution in [0.2, 0.25) is 5.02 Å². The summed E-state index contributed by atoms with van der Waals surface area (Å²) < 4.78 is 10.9. The fraction of sp³-hybridized carbons (Fsp3) is 0.364. The zero-order chi connectivity index (χ0) is 20.1. The van der Waals surface area contributed by atoms with Gasteiger partial charge < -0.3 is 14.8 Å². The van der Waals surface area contributed by atoms with E-state index in [1.807, 2.05) is 32.0 Å². The number of carbonyl (C=O) groups excluding carboxylic acids is 2. The SMILES string of the molecule is CCc1cccc(CC)c1NC(=O)COC(=O)[C@@H]1COc2ccc(Cl)cc2C1. The molecule has 1 amide bonds. The van der Waals surface area contributed by atoms with E-state index in [2.05, 4.69) is 5.32 Å². The molecule has 5 nitrogen and oxygen atoms in total. The molecule has 0 aliphatic carbocycles. The third-order valence-corrected chi connectivity index (χ3v) is 5.11. The summed E-state index contributed by atoms with van der Waals surface area (Å²) >= 11 is 6.01. The number of aryl methyl sites for hydroxylation is 2. The molecule has 0 aromatic heterocycles. The predicted molar refractivity (Wildman–Crippen MR) is 109 cm³/mol. The number of hydrogen-bond donors (Lipinski definition) is 1. The molecule has 1 atom stereocenters. The fourth-order valence-corrected chi connectivity index (χ4v) is 3.54. The Morgan fingerprint density at radius 3 is 2.57 bits per heavy atom. The number of halogens is 1. The van der Waals surface area contributed by atoms with Crippen LogP contribution in [0.5, 0.6) is 5.75 Å². The second-order valence-corrected chi connectivity index (χ2v) is 7.21. The molecular weight excluding hydrogens is 378 g/mol. The molecule has 0 unspecified atom stereocenters. The van der Waals surface area contributed by atoms with E-state index in [0.29, 0.717) is 11.4 Å². The molecule has 1 N–H and O–H groups in total. The van der Waals surface area contributed by atoms with E-state index in [0.717, 1.165) is 41.0 Å². The maximum atomic E-state index is 12.4. The van der Waals surface area contributed by atoms with Gasteiger partial charge in [0.15, 0.2) is 6.61 Å². The van der Waals surface area contributed by atoms with Crippen molar-refractivity contribution in [3.63, 3.8) is 0 Å². The van der Waals surface area contributed by atoms with Gasteiger partial charge in [0.05, 0.1) is 5.92 Å². The van der Waals surface area contributed by atoms with Gasteiger partial charge in [0.2, 0.25) is 0 Å². The number of carbonyl (C=O) groups is 2. The van der Waals surface area contributed by atoms with Crippen LogP contribution in [0.3, 0.4) is 0 Å². The van der Waals surface area contributed by atoms with Crippen molar-refractivity contribution in [1.82, 2.24) is 0 Å². The molecule has 0 spiro atoms. The van der Waals surface area contributed by atoms with Gasteiger partial charge in [-0.05, 0) is 54.2 Å². The molecule has 0 bridgehead atoms. The maximum absolute atomic E-state index is 12.4. The van der Waals surface area contributed by atoms with Gasteiger partial charge in [0.1, 0.15) is 12.4 Å². The lowest BCUT2D eigenvalue weighted by atomic mass is 9.97. The monoisotopic (exact) mass is 401 g/mol. The van der Waals surface area contributed by atoms with Crippen LogP contribution in [0.25, 0.3) is 0 Å². The fourth-order valence-electron chi connectivity index (χ4n) is 3.35. The molecule has 0 saturated heterocycles. The molecule has 0 radical (unpaired) electrons. The van der Waals surface area contributed by atoms with Crippen molar-refractivity contribution >= 4 is 29.2 Å². The van der Waals surface area contributed by atoms with Gasteiger partial charge in [0.25, 0.3) is 5.91 Å². The molecule has 148 valence electrons. The second-order valence-electron chi connectivity index (χ2n) is 6.78. The lowest BCUT2D eigenvalue weighted by Gasteiger charge is -2.24. The summed E-state index contributed by atoms with van der Waals surface area (Å²) in [6, 6.07) is 11.3. The van der Waals surface area contributed by atoms with E-state index < -0.39 is 11.9 Å². The quantitative estimate of drug-likeness (QED) is 0.737. The van der Waals surface area contributed by atoms with Crippen molar-refractivity contribution in [3.8, 4) is 5.75 Å². The Hall–Kier alpha value is -2.53. The Balaban J connectivity index is 1.57. The Labute approximate surface area is 170 Å². The molecule has 6 heteroatoms. The molecule has 3 rings (SSSR count). The van der Waals surface area contributed by atoms with E-state index in [1.165, 1.54) is 0 Å². The Morgan fingerprint density at radius 1 is 1.18 bits per heavy atom. The Bertz CT molecular complexity index is 859. The van der Waals surface area contributed by atoms with Crippen LogP contribution in [0.15, 0.2) is 36.4 Å². The number of anilines is 1. The smallest absolute Gasteiger partial charge is 0.313 e. The zero-order valence-electron chi connectivity index (χ0n) is 16.1. The Morgan fingerprint density at radius 2 is 1.89 bits per heavy atom. The first-order valence-corrected chi connectivity index (χ1v) is 9.88. The van der Waals surface area contributed by atoms with Crippen LogP contribution >= 0.6 is 11.6 Å². The van der Waals surface area contributed by atoms with Gasteiger partial charge in [-0.2, -0.15) is 0 Å². The van der Waals surface area contributed by atoms with E-state index in [4.69, 9.17) is 21.1 Å². The summed E-state index contributed by atoms with van der Waals surface area (Å²) in [6.45, 7) is 3.99. The minimum Gasteiger partial charge on any atom is -0.492 e. The highest BCUT2D eigenvalue weighted by molar-refractivity contribution is 6.30. The van der Waals surface area contributed by atoms with E-state index in [-0.39, 0.29) is 19.1 Å². The van der Waals surface area contributed by atoms with Gasteiger partial charge in [0, 0.05) is 10.7 Å². The highest BCUT2D eigenvalue weighted by atomic mass is 35.5. The first-order valence-electron chi connectivity index (χ1n) is 9.50. The standard InChI is InChI=1S/C22H24ClNO4/c1-3-14-6-5-7-15(4-2)21(14)24-20(25)13-28-22(26)17-10-16-11-18(23)8-9-19(16)27-12-17/h5-9,11,17H,3-4,10,12-13H2,1-2H3,(H,24,25)/t17-/m0/s1. The average molecular weight is 402 g/mol. The summed E-state index contributed by atoms with van der Waals surface area (Å²) in [6.07, 6.45) is 2.10. The van der Waals surface area contributed by atoms with Crippen molar-refractivity contribution in [2.24, 2.45) is 5.92 Å². The third-order valence-electron chi connectivity index (χ3n) is 4.87. The second kappa shape index (κ2) is 9.11. The van der Waals surface area contributed by atoms with E-state index in [9.17, 15) is 9.59 Å². The van der Waals surface area contributed by atoms with Crippen LogP contribution in [-0.4, -0.2) is 25.1 Å². The number of esters is 1. The lowest BCUT2D eigenvalue weighted by Crippen LogP contribution is -2.32. The molecular formula is C22H24ClNO4. The number of fused-ring (bicyclic) bond motifs is 1. The van der Waals surface area contributed by atoms with Crippen molar-refractivity contribution in [2.75, 3.05) is 18.5 Å². The zero-order valence-corrected chi connectivity index (χ0v) is 16.8. The summed E-state index contributed by atoms with van der Waals surface area (Å²) in [7, 11) is 0. The topological polar surface area (TPSA) is 64.6 Å². The predicted octanol–water partition coefficient (Wildman–Crippen LogP) is 4.20. The van der Waals surface area contributed by atoms with Crippen LogP contribution in [-0.2, 0) is 33.6 Å². The summed E-state index contributed by atoms with van der Waals surface area (Å²) in [4.78, 5) is 24.7. The molecule has 1 aliphatic rings. The molecule has 1 heterocycles. The van der Waals surface area contributed by atoms with Crippen LogP contribution in [0.1, 0.15) is 30.5 Å². The van der Waals surface area contributed by atoms with Crippen molar-refractivity contribution in [2.45, 2.75) is 33.1 Å². The summed E-state index contributed by atoms with van der Waals surface area (Å²) in [5, 5.41) is 3.49. The van der Waals surface area contributed by atoms with Gasteiger partial charge in [-0.1, -0.05) is 43.6 Å². The molecule has 1 aliphatic heterocycles. The molecule has 2 aromatic carbocycles. The molecule has 0 saturated carbocycles. The number of nitrogens with one attached hydrogen (secondary N) is 1. The highest BCUT2D eigenvalue weighted by Gasteiger charge is 2.28. The number of amides is 1. The third kappa shape index (κ3) is 4.65. The molecule has 28 heavy (non-hydrogen) atoms. The molecule has 2 aromatic rings. The number of rotatable bonds is 6. The summed E-state index contributed by atoms with van der Waals surface area (Å²) in [5.74, 6) is -0.508. The number of para-hydroxylation sites is 1. The first kappa shape index (κ1) is 20.2. The van der Waals surface area contributed by atoms with Crippen LogP contribution in [0.4, 0.5) is 5.69 Å². The lowest BCUT2D eigenvalue weighted by molar-refractivity contribution is -0.152. The van der Waals surface area contributed by atoms with Crippen molar-refractivity contribution in [1.29, 1.82) is 0 Å². The highest BCUT2D eigenvalue weighted by Crippen LogP contribution is 2.30. The maximum Gasteiger partial charge on any atom is 0.313 e. The van der Waals surface area contributed by atoms with Crippen LogP contribution < -0.4 is 10.1 Å². The van der Waals surface area contributed by atoms with E-state index >= 15 is 0 Å². The van der Waals surface area contributed by atoms with Crippen LogP contribution in [0, 0.1) is 5.92 Å². The Kier molecular flexibility index (Phi) is 6.57. The largest absolute Gasteiger partial charge is 0.492 e. The normalized spacial score (nSPS) is 15.3. The first-order chi connectivity index (χ1) is 13.5. The number of benzene rings is 2. The van der Waals surface area contributed by atoms with Crippen molar-refractivity contribution < 1.29 is 19.1 Å². The van der Waals surface area contributed by atoms with Crippen molar-refractivity contribution in [3.05, 3.63) is 58.1 Å². The molecule has 0 fully saturated rings. The minimum absolute atomic E-state index is 0.230. The average Bonchev–Trinajstić information content (AvgIpc) is 2.71. The summed E-state index contributed by atoms with van der Waals surface area (Å²) in [5.41, 5.74) is 3.81. The van der Waals surface area contributed by atoms with E-state index in [1.54, 1.807) is 18.2 Å². The van der Waals surface area contributed by atoms with Gasteiger partial charge >= 0.3 is 5.97 Å². The minimum atomic E-state index is -0.451. The van der Waals surface area contributed by atoms with Gasteiger partial charge in [-0.25, -0.2) is 0 Å². The number of hydrogen-bond acceptors (Lipinski definition) is 4.